The number of thioether (sulfide) groups is 1. The summed E-state index contributed by atoms with van der Waals surface area (Å²) in [6.45, 7) is 2.83. The van der Waals surface area contributed by atoms with Crippen LogP contribution in [0.25, 0.3) is 0 Å². The zero-order valence-corrected chi connectivity index (χ0v) is 12.7. The van der Waals surface area contributed by atoms with E-state index in [1.165, 1.54) is 22.9 Å². The molecule has 0 amide bonds. The van der Waals surface area contributed by atoms with Gasteiger partial charge < -0.3 is 9.67 Å². The molecule has 0 aliphatic heterocycles. The molecule has 20 heavy (non-hydrogen) atoms. The summed E-state index contributed by atoms with van der Waals surface area (Å²) < 4.78 is 2.08. The van der Waals surface area contributed by atoms with Crippen molar-refractivity contribution in [2.24, 2.45) is 0 Å². The number of aromatic nitrogens is 3. The minimum atomic E-state index is -0.829. The molecular weight excluding hydrogens is 294 g/mol. The fourth-order valence-corrected chi connectivity index (χ4v) is 3.56. The Bertz CT molecular complexity index is 631. The molecule has 3 rings (SSSR count). The maximum Gasteiger partial charge on any atom is 0.313 e. The molecule has 106 valence electrons. The summed E-state index contributed by atoms with van der Waals surface area (Å²) in [7, 11) is 0. The molecule has 0 atom stereocenters. The van der Waals surface area contributed by atoms with Crippen molar-refractivity contribution in [3.63, 3.8) is 0 Å². The highest BCUT2D eigenvalue weighted by atomic mass is 32.2. The number of nitrogens with zero attached hydrogens (tertiary/aromatic N) is 3. The predicted molar refractivity (Wildman–Crippen MR) is 78.5 cm³/mol. The SMILES string of the molecule is Cc1cscc1Cn1c(SCC(=O)O)nnc1C1CC1. The lowest BCUT2D eigenvalue weighted by atomic mass is 10.2. The largest absolute Gasteiger partial charge is 0.481 e. The molecule has 2 heterocycles. The molecule has 1 N–H and O–H groups in total. The zero-order valence-electron chi connectivity index (χ0n) is 11.1. The number of aliphatic carboxylic acids is 1. The zero-order chi connectivity index (χ0) is 14.1. The van der Waals surface area contributed by atoms with Gasteiger partial charge in [0.15, 0.2) is 5.16 Å². The van der Waals surface area contributed by atoms with Crippen molar-refractivity contribution >= 4 is 29.1 Å². The van der Waals surface area contributed by atoms with Crippen LogP contribution in [0.4, 0.5) is 0 Å². The van der Waals surface area contributed by atoms with Crippen molar-refractivity contribution in [2.45, 2.75) is 37.4 Å². The molecule has 0 spiro atoms. The molecular formula is C13H15N3O2S2. The van der Waals surface area contributed by atoms with Crippen LogP contribution in [-0.4, -0.2) is 31.6 Å². The van der Waals surface area contributed by atoms with Crippen LogP contribution >= 0.6 is 23.1 Å². The van der Waals surface area contributed by atoms with Gasteiger partial charge >= 0.3 is 5.97 Å². The third-order valence-corrected chi connectivity index (χ3v) is 5.16. The van der Waals surface area contributed by atoms with Crippen LogP contribution in [0.5, 0.6) is 0 Å². The first-order chi connectivity index (χ1) is 9.65. The van der Waals surface area contributed by atoms with Gasteiger partial charge in [-0.15, -0.1) is 10.2 Å². The van der Waals surface area contributed by atoms with Crippen LogP contribution in [-0.2, 0) is 11.3 Å². The van der Waals surface area contributed by atoms with Crippen LogP contribution in [0.1, 0.15) is 35.7 Å². The molecule has 7 heteroatoms. The maximum atomic E-state index is 10.7. The second-order valence-corrected chi connectivity index (χ2v) is 6.65. The Labute approximate surface area is 125 Å². The van der Waals surface area contributed by atoms with Gasteiger partial charge in [-0.25, -0.2) is 0 Å². The third-order valence-electron chi connectivity index (χ3n) is 3.30. The van der Waals surface area contributed by atoms with Crippen molar-refractivity contribution in [3.8, 4) is 0 Å². The Kier molecular flexibility index (Phi) is 3.80. The Balaban J connectivity index is 1.87. The molecule has 2 aromatic heterocycles. The molecule has 1 aliphatic rings. The number of carbonyl (C=O) groups is 1. The molecule has 1 aliphatic carbocycles. The molecule has 1 saturated carbocycles. The summed E-state index contributed by atoms with van der Waals surface area (Å²) in [5, 5.41) is 22.2. The number of hydrogen-bond donors (Lipinski definition) is 1. The van der Waals surface area contributed by atoms with E-state index in [4.69, 9.17) is 5.11 Å². The van der Waals surface area contributed by atoms with Crippen LogP contribution in [0.15, 0.2) is 15.9 Å². The standard InChI is InChI=1S/C13H15N3O2S2/c1-8-5-19-6-10(8)4-16-12(9-2-3-9)14-15-13(16)20-7-11(17)18/h5-6,9H,2-4,7H2,1H3,(H,17,18). The number of aryl methyl sites for hydroxylation is 1. The molecule has 0 unspecified atom stereocenters. The van der Waals surface area contributed by atoms with E-state index in [1.807, 2.05) is 0 Å². The minimum Gasteiger partial charge on any atom is -0.481 e. The third kappa shape index (κ3) is 2.88. The topological polar surface area (TPSA) is 68.0 Å². The smallest absolute Gasteiger partial charge is 0.313 e. The van der Waals surface area contributed by atoms with Gasteiger partial charge in [0.1, 0.15) is 5.82 Å². The van der Waals surface area contributed by atoms with Gasteiger partial charge in [-0.05, 0) is 41.7 Å². The molecule has 1 fully saturated rings. The van der Waals surface area contributed by atoms with Crippen LogP contribution < -0.4 is 0 Å². The molecule has 0 aromatic carbocycles. The van der Waals surface area contributed by atoms with Gasteiger partial charge in [-0.3, -0.25) is 4.79 Å². The van der Waals surface area contributed by atoms with Crippen molar-refractivity contribution in [2.75, 3.05) is 5.75 Å². The molecule has 0 saturated heterocycles. The summed E-state index contributed by atoms with van der Waals surface area (Å²) in [5.41, 5.74) is 2.52. The Morgan fingerprint density at radius 3 is 2.90 bits per heavy atom. The van der Waals surface area contributed by atoms with Crippen LogP contribution in [0, 0.1) is 6.92 Å². The number of carboxylic acid groups (broad SMARTS) is 1. The van der Waals surface area contributed by atoms with Crippen molar-refractivity contribution in [1.29, 1.82) is 0 Å². The van der Waals surface area contributed by atoms with E-state index in [0.29, 0.717) is 11.1 Å². The van der Waals surface area contributed by atoms with Gasteiger partial charge in [0.05, 0.1) is 12.3 Å². The minimum absolute atomic E-state index is 0.0193. The van der Waals surface area contributed by atoms with E-state index >= 15 is 0 Å². The molecule has 2 aromatic rings. The summed E-state index contributed by atoms with van der Waals surface area (Å²) in [6.07, 6.45) is 2.31. The highest BCUT2D eigenvalue weighted by Gasteiger charge is 2.30. The van der Waals surface area contributed by atoms with Crippen molar-refractivity contribution < 1.29 is 9.90 Å². The Morgan fingerprint density at radius 2 is 2.30 bits per heavy atom. The molecule has 0 radical (unpaired) electrons. The van der Waals surface area contributed by atoms with Crippen LogP contribution in [0.3, 0.4) is 0 Å². The second-order valence-electron chi connectivity index (χ2n) is 4.96. The first-order valence-corrected chi connectivity index (χ1v) is 8.37. The predicted octanol–water partition coefficient (Wildman–Crippen LogP) is 2.75. The fourth-order valence-electron chi connectivity index (χ4n) is 2.04. The maximum absolute atomic E-state index is 10.7. The van der Waals surface area contributed by atoms with Crippen LogP contribution in [0.2, 0.25) is 0 Å². The number of carboxylic acids is 1. The normalized spacial score (nSPS) is 14.7. The molecule has 0 bridgehead atoms. The fraction of sp³-hybridized carbons (Fsp3) is 0.462. The van der Waals surface area contributed by atoms with Gasteiger partial charge in [-0.1, -0.05) is 11.8 Å². The monoisotopic (exact) mass is 309 g/mol. The van der Waals surface area contributed by atoms with E-state index in [1.54, 1.807) is 11.3 Å². The quantitative estimate of drug-likeness (QED) is 0.831. The van der Waals surface area contributed by atoms with E-state index < -0.39 is 5.97 Å². The van der Waals surface area contributed by atoms with E-state index in [-0.39, 0.29) is 5.75 Å². The summed E-state index contributed by atoms with van der Waals surface area (Å²) in [6, 6.07) is 0. The molecule has 5 nitrogen and oxygen atoms in total. The van der Waals surface area contributed by atoms with Gasteiger partial charge in [-0.2, -0.15) is 11.3 Å². The first-order valence-electron chi connectivity index (χ1n) is 6.44. The number of hydrogen-bond acceptors (Lipinski definition) is 5. The Hall–Kier alpha value is -1.34. The Morgan fingerprint density at radius 1 is 1.50 bits per heavy atom. The first kappa shape index (κ1) is 13.6. The number of rotatable bonds is 6. The lowest BCUT2D eigenvalue weighted by Crippen LogP contribution is -2.07. The summed E-state index contributed by atoms with van der Waals surface area (Å²) >= 11 is 2.93. The lowest BCUT2D eigenvalue weighted by Gasteiger charge is -2.09. The highest BCUT2D eigenvalue weighted by Crippen LogP contribution is 2.40. The van der Waals surface area contributed by atoms with Crippen molar-refractivity contribution in [1.82, 2.24) is 14.8 Å². The van der Waals surface area contributed by atoms with E-state index in [9.17, 15) is 4.79 Å². The van der Waals surface area contributed by atoms with Gasteiger partial charge in [0, 0.05) is 5.92 Å². The summed E-state index contributed by atoms with van der Waals surface area (Å²) in [5.74, 6) is 0.694. The average Bonchev–Trinajstić information content (AvgIpc) is 3.06. The summed E-state index contributed by atoms with van der Waals surface area (Å²) in [4.78, 5) is 10.7. The van der Waals surface area contributed by atoms with Gasteiger partial charge in [0.25, 0.3) is 0 Å². The van der Waals surface area contributed by atoms with E-state index in [2.05, 4.69) is 32.4 Å². The van der Waals surface area contributed by atoms with Gasteiger partial charge in [0.2, 0.25) is 0 Å². The average molecular weight is 309 g/mol. The highest BCUT2D eigenvalue weighted by molar-refractivity contribution is 7.99. The number of thiophene rings is 1. The lowest BCUT2D eigenvalue weighted by molar-refractivity contribution is -0.133. The van der Waals surface area contributed by atoms with Crippen molar-refractivity contribution in [3.05, 3.63) is 27.7 Å². The van der Waals surface area contributed by atoms with E-state index in [0.717, 1.165) is 25.2 Å². The second kappa shape index (κ2) is 5.57.